The van der Waals surface area contributed by atoms with Gasteiger partial charge in [0.1, 0.15) is 11.6 Å². The molecule has 0 radical (unpaired) electrons. The third-order valence-corrected chi connectivity index (χ3v) is 5.27. The molecular formula is C22H18FN5O2. The van der Waals surface area contributed by atoms with Gasteiger partial charge in [-0.3, -0.25) is 20.0 Å². The van der Waals surface area contributed by atoms with Crippen LogP contribution in [0.5, 0.6) is 0 Å². The molecule has 1 aliphatic heterocycles. The molecule has 2 aromatic rings. The number of hydrogen-bond donors (Lipinski definition) is 2. The smallest absolute Gasteiger partial charge is 0.271 e. The Bertz CT molecular complexity index is 1130. The van der Waals surface area contributed by atoms with E-state index in [1.807, 2.05) is 6.07 Å². The summed E-state index contributed by atoms with van der Waals surface area (Å²) in [5.74, 6) is -2.15. The standard InChI is InChI=1S/C22H18FN5O2/c23-16-7-2-1-6-14(16)19-15(11-24)21(25)28(17-8-3-9-18(29)20(17)19)27-22(30)13-5-4-10-26-12-13/h1-2,4-7,10,12,19H,3,8-9,25H2,(H,27,30). The van der Waals surface area contributed by atoms with E-state index in [-0.39, 0.29) is 29.2 Å². The molecule has 2 aliphatic rings. The predicted octanol–water partition coefficient (Wildman–Crippen LogP) is 2.67. The van der Waals surface area contributed by atoms with Crippen LogP contribution in [0.25, 0.3) is 0 Å². The summed E-state index contributed by atoms with van der Waals surface area (Å²) in [6.07, 6.45) is 4.24. The molecule has 1 amide bonds. The first-order valence-electron chi connectivity index (χ1n) is 9.44. The lowest BCUT2D eigenvalue weighted by molar-refractivity contribution is -0.116. The van der Waals surface area contributed by atoms with Crippen LogP contribution in [0.15, 0.2) is 71.5 Å². The summed E-state index contributed by atoms with van der Waals surface area (Å²) >= 11 is 0. The minimum atomic E-state index is -0.912. The zero-order valence-corrected chi connectivity index (χ0v) is 15.9. The van der Waals surface area contributed by atoms with Gasteiger partial charge in [-0.15, -0.1) is 0 Å². The SMILES string of the molecule is N#CC1=C(N)N(NC(=O)c2cccnc2)C2=C(C(=O)CCC2)C1c1ccccc1F. The summed E-state index contributed by atoms with van der Waals surface area (Å²) in [4.78, 5) is 29.5. The van der Waals surface area contributed by atoms with Crippen LogP contribution in [0.1, 0.15) is 41.1 Å². The van der Waals surface area contributed by atoms with E-state index in [9.17, 15) is 19.2 Å². The third-order valence-electron chi connectivity index (χ3n) is 5.27. The van der Waals surface area contributed by atoms with Crippen LogP contribution in [-0.4, -0.2) is 21.7 Å². The summed E-state index contributed by atoms with van der Waals surface area (Å²) in [6.45, 7) is 0. The number of hydrogen-bond acceptors (Lipinski definition) is 6. The number of pyridine rings is 1. The van der Waals surface area contributed by atoms with E-state index in [1.54, 1.807) is 36.5 Å². The highest BCUT2D eigenvalue weighted by Crippen LogP contribution is 2.44. The molecule has 1 atom stereocenters. The minimum absolute atomic E-state index is 0.0144. The van der Waals surface area contributed by atoms with Crippen LogP contribution in [-0.2, 0) is 4.79 Å². The van der Waals surface area contributed by atoms with Crippen molar-refractivity contribution >= 4 is 11.7 Å². The zero-order valence-electron chi connectivity index (χ0n) is 15.9. The van der Waals surface area contributed by atoms with Crippen molar-refractivity contribution in [3.63, 3.8) is 0 Å². The molecule has 0 fully saturated rings. The second-order valence-electron chi connectivity index (χ2n) is 7.02. The average Bonchev–Trinajstić information content (AvgIpc) is 2.76. The second kappa shape index (κ2) is 7.79. The van der Waals surface area contributed by atoms with Gasteiger partial charge in [0.25, 0.3) is 5.91 Å². The zero-order chi connectivity index (χ0) is 21.3. The van der Waals surface area contributed by atoms with Crippen molar-refractivity contribution in [2.24, 2.45) is 5.73 Å². The lowest BCUT2D eigenvalue weighted by Gasteiger charge is -2.39. The third kappa shape index (κ3) is 3.20. The maximum Gasteiger partial charge on any atom is 0.271 e. The van der Waals surface area contributed by atoms with Gasteiger partial charge >= 0.3 is 0 Å². The largest absolute Gasteiger partial charge is 0.383 e. The maximum absolute atomic E-state index is 14.6. The molecule has 0 saturated carbocycles. The van der Waals surface area contributed by atoms with Gasteiger partial charge in [-0.2, -0.15) is 5.26 Å². The number of Topliss-reactive ketones (excluding diaryl/α,β-unsaturated/α-hetero) is 1. The number of carbonyl (C=O) groups excluding carboxylic acids is 2. The van der Waals surface area contributed by atoms with E-state index in [2.05, 4.69) is 10.4 Å². The van der Waals surface area contributed by atoms with Crippen molar-refractivity contribution in [1.82, 2.24) is 15.4 Å². The fraction of sp³-hybridized carbons (Fsp3) is 0.182. The van der Waals surface area contributed by atoms with E-state index in [0.717, 1.165) is 0 Å². The summed E-state index contributed by atoms with van der Waals surface area (Å²) in [7, 11) is 0. The minimum Gasteiger partial charge on any atom is -0.383 e. The van der Waals surface area contributed by atoms with Gasteiger partial charge in [0.15, 0.2) is 5.78 Å². The molecule has 1 aliphatic carbocycles. The predicted molar refractivity (Wildman–Crippen MR) is 105 cm³/mol. The fourth-order valence-corrected chi connectivity index (χ4v) is 3.90. The summed E-state index contributed by atoms with van der Waals surface area (Å²) < 4.78 is 14.6. The Morgan fingerprint density at radius 2 is 2.07 bits per heavy atom. The number of ketones is 1. The number of nitrogens with two attached hydrogens (primary N) is 1. The van der Waals surface area contributed by atoms with Gasteiger partial charge in [-0.25, -0.2) is 9.40 Å². The normalized spacial score (nSPS) is 18.7. The summed E-state index contributed by atoms with van der Waals surface area (Å²) in [6, 6.07) is 11.2. The van der Waals surface area contributed by atoms with E-state index in [1.165, 1.54) is 17.3 Å². The van der Waals surface area contributed by atoms with E-state index in [4.69, 9.17) is 5.73 Å². The molecule has 1 aromatic heterocycles. The first kappa shape index (κ1) is 19.3. The first-order chi connectivity index (χ1) is 14.5. The Morgan fingerprint density at radius 3 is 2.77 bits per heavy atom. The lowest BCUT2D eigenvalue weighted by Crippen LogP contribution is -2.48. The molecule has 150 valence electrons. The first-order valence-corrected chi connectivity index (χ1v) is 9.44. The topological polar surface area (TPSA) is 112 Å². The van der Waals surface area contributed by atoms with Crippen molar-refractivity contribution < 1.29 is 14.0 Å². The van der Waals surface area contributed by atoms with Crippen LogP contribution in [0.3, 0.4) is 0 Å². The van der Waals surface area contributed by atoms with Gasteiger partial charge in [-0.1, -0.05) is 18.2 Å². The van der Waals surface area contributed by atoms with E-state index in [0.29, 0.717) is 29.7 Å². The highest BCUT2D eigenvalue weighted by molar-refractivity contribution is 6.00. The number of aromatic nitrogens is 1. The van der Waals surface area contributed by atoms with Crippen LogP contribution in [0, 0.1) is 17.1 Å². The number of hydrazine groups is 1. The average molecular weight is 403 g/mol. The van der Waals surface area contributed by atoms with Crippen molar-refractivity contribution in [1.29, 1.82) is 5.26 Å². The summed E-state index contributed by atoms with van der Waals surface area (Å²) in [5, 5.41) is 11.1. The van der Waals surface area contributed by atoms with Gasteiger partial charge < -0.3 is 5.73 Å². The Labute approximate surface area is 172 Å². The van der Waals surface area contributed by atoms with Gasteiger partial charge in [-0.05, 0) is 31.0 Å². The molecule has 0 bridgehead atoms. The molecule has 0 saturated heterocycles. The van der Waals surface area contributed by atoms with Crippen molar-refractivity contribution in [2.75, 3.05) is 0 Å². The number of nitriles is 1. The van der Waals surface area contributed by atoms with Crippen LogP contribution >= 0.6 is 0 Å². The number of nitrogens with zero attached hydrogens (tertiary/aromatic N) is 3. The Morgan fingerprint density at radius 1 is 1.27 bits per heavy atom. The molecule has 2 heterocycles. The molecule has 3 N–H and O–H groups in total. The quantitative estimate of drug-likeness (QED) is 0.815. The Balaban J connectivity index is 1.84. The van der Waals surface area contributed by atoms with Gasteiger partial charge in [0, 0.05) is 35.6 Å². The molecule has 1 unspecified atom stereocenters. The molecule has 1 aromatic carbocycles. The number of amides is 1. The highest BCUT2D eigenvalue weighted by Gasteiger charge is 2.41. The number of allylic oxidation sites excluding steroid dienone is 3. The van der Waals surface area contributed by atoms with E-state index >= 15 is 0 Å². The van der Waals surface area contributed by atoms with Crippen LogP contribution in [0.4, 0.5) is 4.39 Å². The van der Waals surface area contributed by atoms with Crippen molar-refractivity contribution in [2.45, 2.75) is 25.2 Å². The number of nitrogens with one attached hydrogen (secondary N) is 1. The van der Waals surface area contributed by atoms with Gasteiger partial charge in [0.2, 0.25) is 0 Å². The van der Waals surface area contributed by atoms with Crippen molar-refractivity contribution in [3.8, 4) is 6.07 Å². The molecular weight excluding hydrogens is 385 g/mol. The van der Waals surface area contributed by atoms with Crippen molar-refractivity contribution in [3.05, 3.63) is 88.4 Å². The number of carbonyl (C=O) groups is 2. The maximum atomic E-state index is 14.6. The number of rotatable bonds is 3. The van der Waals surface area contributed by atoms with E-state index < -0.39 is 17.6 Å². The Hall–Kier alpha value is -3.99. The second-order valence-corrected chi connectivity index (χ2v) is 7.02. The number of halogens is 1. The lowest BCUT2D eigenvalue weighted by atomic mass is 9.76. The fourth-order valence-electron chi connectivity index (χ4n) is 3.90. The highest BCUT2D eigenvalue weighted by atomic mass is 19.1. The summed E-state index contributed by atoms with van der Waals surface area (Å²) in [5.41, 5.74) is 10.2. The van der Waals surface area contributed by atoms with Crippen LogP contribution < -0.4 is 11.2 Å². The molecule has 30 heavy (non-hydrogen) atoms. The molecule has 4 rings (SSSR count). The molecule has 8 heteroatoms. The molecule has 7 nitrogen and oxygen atoms in total. The van der Waals surface area contributed by atoms with Gasteiger partial charge in [0.05, 0.1) is 23.1 Å². The molecule has 0 spiro atoms. The van der Waals surface area contributed by atoms with Crippen LogP contribution in [0.2, 0.25) is 0 Å². The number of benzene rings is 1. The monoisotopic (exact) mass is 403 g/mol. The Kier molecular flexibility index (Phi) is 5.02.